The number of nitrogens with zero attached hydrogens (tertiary/aromatic N) is 2. The number of aryl methyl sites for hydroxylation is 2. The normalized spacial score (nSPS) is 11.5. The Balaban J connectivity index is 2.51. The molecule has 0 fully saturated rings. The molecule has 0 aliphatic heterocycles. The lowest BCUT2D eigenvalue weighted by atomic mass is 10.0. The van der Waals surface area contributed by atoms with Gasteiger partial charge in [0.05, 0.1) is 0 Å². The first-order valence-electron chi connectivity index (χ1n) is 5.22. The molecule has 0 aliphatic carbocycles. The van der Waals surface area contributed by atoms with Gasteiger partial charge >= 0.3 is 0 Å². The predicted molar refractivity (Wildman–Crippen MR) is 62.9 cm³/mol. The van der Waals surface area contributed by atoms with Crippen LogP contribution in [0.1, 0.15) is 31.7 Å². The summed E-state index contributed by atoms with van der Waals surface area (Å²) in [5.41, 5.74) is 7.70. The Morgan fingerprint density at radius 2 is 1.80 bits per heavy atom. The van der Waals surface area contributed by atoms with Gasteiger partial charge in [0.2, 0.25) is 5.95 Å². The molecule has 4 heteroatoms. The van der Waals surface area contributed by atoms with Crippen molar-refractivity contribution >= 4 is 5.95 Å². The Morgan fingerprint density at radius 3 is 2.27 bits per heavy atom. The number of hydrogen-bond donors (Lipinski definition) is 2. The molecule has 3 N–H and O–H groups in total. The zero-order valence-corrected chi connectivity index (χ0v) is 9.96. The quantitative estimate of drug-likeness (QED) is 0.789. The first-order valence-corrected chi connectivity index (χ1v) is 5.22. The second-order valence-corrected chi connectivity index (χ2v) is 4.64. The highest BCUT2D eigenvalue weighted by Gasteiger charge is 2.09. The molecule has 1 rings (SSSR count). The highest BCUT2D eigenvalue weighted by atomic mass is 15.1. The summed E-state index contributed by atoms with van der Waals surface area (Å²) in [6.45, 7) is 8.75. The summed E-state index contributed by atoms with van der Waals surface area (Å²) >= 11 is 0. The van der Waals surface area contributed by atoms with Crippen LogP contribution in [0.2, 0.25) is 0 Å². The van der Waals surface area contributed by atoms with Gasteiger partial charge in [-0.25, -0.2) is 9.97 Å². The largest absolute Gasteiger partial charge is 0.354 e. The first-order chi connectivity index (χ1) is 6.87. The van der Waals surface area contributed by atoms with Crippen LogP contribution in [0.25, 0.3) is 0 Å². The molecule has 1 heterocycles. The van der Waals surface area contributed by atoms with Gasteiger partial charge in [0, 0.05) is 23.5 Å². The van der Waals surface area contributed by atoms with E-state index in [9.17, 15) is 0 Å². The molecule has 1 aromatic heterocycles. The molecule has 4 nitrogen and oxygen atoms in total. The third kappa shape index (κ3) is 4.74. The molecule has 0 saturated carbocycles. The number of hydrogen-bond acceptors (Lipinski definition) is 4. The van der Waals surface area contributed by atoms with E-state index >= 15 is 0 Å². The lowest BCUT2D eigenvalue weighted by molar-refractivity contribution is 0.490. The molecular formula is C11H20N4. The van der Waals surface area contributed by atoms with Crippen LogP contribution in [0.5, 0.6) is 0 Å². The number of nitrogens with two attached hydrogens (primary N) is 1. The van der Waals surface area contributed by atoms with E-state index in [2.05, 4.69) is 15.3 Å². The van der Waals surface area contributed by atoms with Gasteiger partial charge in [0.15, 0.2) is 0 Å². The predicted octanol–water partition coefficient (Wildman–Crippen LogP) is 1.63. The van der Waals surface area contributed by atoms with Crippen LogP contribution >= 0.6 is 0 Å². The highest BCUT2D eigenvalue weighted by molar-refractivity contribution is 5.27. The third-order valence-corrected chi connectivity index (χ3v) is 2.03. The van der Waals surface area contributed by atoms with Crippen LogP contribution in [0, 0.1) is 13.8 Å². The summed E-state index contributed by atoms with van der Waals surface area (Å²) < 4.78 is 0. The Hall–Kier alpha value is -1.16. The molecule has 0 bridgehead atoms. The van der Waals surface area contributed by atoms with E-state index in [1.165, 1.54) is 0 Å². The van der Waals surface area contributed by atoms with E-state index in [1.807, 2.05) is 33.8 Å². The van der Waals surface area contributed by atoms with E-state index in [4.69, 9.17) is 5.73 Å². The molecule has 84 valence electrons. The van der Waals surface area contributed by atoms with Crippen LogP contribution in [-0.4, -0.2) is 22.1 Å². The average Bonchev–Trinajstić information content (AvgIpc) is 1.99. The molecule has 0 atom stereocenters. The molecule has 1 aromatic rings. The maximum atomic E-state index is 5.88. The molecule has 0 saturated heterocycles. The fraction of sp³-hybridized carbons (Fsp3) is 0.636. The highest BCUT2D eigenvalue weighted by Crippen LogP contribution is 2.06. The van der Waals surface area contributed by atoms with Crippen molar-refractivity contribution < 1.29 is 0 Å². The number of rotatable bonds is 4. The summed E-state index contributed by atoms with van der Waals surface area (Å²) in [7, 11) is 0. The van der Waals surface area contributed by atoms with Gasteiger partial charge in [0.1, 0.15) is 0 Å². The lowest BCUT2D eigenvalue weighted by Crippen LogP contribution is -2.34. The van der Waals surface area contributed by atoms with Crippen LogP contribution in [0.15, 0.2) is 6.07 Å². The van der Waals surface area contributed by atoms with Crippen molar-refractivity contribution in [3.63, 3.8) is 0 Å². The summed E-state index contributed by atoms with van der Waals surface area (Å²) in [6.07, 6.45) is 0.892. The Bertz CT molecular complexity index is 308. The van der Waals surface area contributed by atoms with Crippen molar-refractivity contribution in [2.75, 3.05) is 11.9 Å². The average molecular weight is 208 g/mol. The van der Waals surface area contributed by atoms with E-state index in [0.29, 0.717) is 5.95 Å². The van der Waals surface area contributed by atoms with E-state index in [-0.39, 0.29) is 5.54 Å². The van der Waals surface area contributed by atoms with E-state index in [1.54, 1.807) is 0 Å². The van der Waals surface area contributed by atoms with Gasteiger partial charge < -0.3 is 11.1 Å². The summed E-state index contributed by atoms with van der Waals surface area (Å²) in [5.74, 6) is 0.691. The zero-order valence-electron chi connectivity index (χ0n) is 9.96. The van der Waals surface area contributed by atoms with Gasteiger partial charge in [-0.2, -0.15) is 0 Å². The number of anilines is 1. The minimum atomic E-state index is -0.147. The minimum Gasteiger partial charge on any atom is -0.354 e. The molecule has 0 aromatic carbocycles. The number of nitrogens with one attached hydrogen (secondary N) is 1. The molecular weight excluding hydrogens is 188 g/mol. The lowest BCUT2D eigenvalue weighted by Gasteiger charge is -2.18. The van der Waals surface area contributed by atoms with Crippen LogP contribution in [0.3, 0.4) is 0 Å². The summed E-state index contributed by atoms with van der Waals surface area (Å²) in [4.78, 5) is 8.58. The Morgan fingerprint density at radius 1 is 1.27 bits per heavy atom. The molecule has 0 spiro atoms. The standard InChI is InChI=1S/C11H20N4/c1-8-7-9(2)15-10(14-8)13-6-5-11(3,4)12/h7H,5-6,12H2,1-4H3,(H,13,14,15). The topological polar surface area (TPSA) is 63.8 Å². The second-order valence-electron chi connectivity index (χ2n) is 4.64. The maximum absolute atomic E-state index is 5.88. The van der Waals surface area contributed by atoms with E-state index in [0.717, 1.165) is 24.4 Å². The first kappa shape index (κ1) is 11.9. The minimum absolute atomic E-state index is 0.147. The number of aromatic nitrogens is 2. The molecule has 0 radical (unpaired) electrons. The monoisotopic (exact) mass is 208 g/mol. The van der Waals surface area contributed by atoms with Gasteiger partial charge in [-0.3, -0.25) is 0 Å². The van der Waals surface area contributed by atoms with Crippen molar-refractivity contribution in [1.29, 1.82) is 0 Å². The SMILES string of the molecule is Cc1cc(C)nc(NCCC(C)(C)N)n1. The summed E-state index contributed by atoms with van der Waals surface area (Å²) in [6, 6.07) is 1.96. The van der Waals surface area contributed by atoms with Gasteiger partial charge in [-0.15, -0.1) is 0 Å². The van der Waals surface area contributed by atoms with Crippen molar-refractivity contribution in [2.45, 2.75) is 39.7 Å². The molecule has 0 unspecified atom stereocenters. The Kier molecular flexibility index (Phi) is 3.63. The maximum Gasteiger partial charge on any atom is 0.223 e. The van der Waals surface area contributed by atoms with Crippen LogP contribution in [0.4, 0.5) is 5.95 Å². The van der Waals surface area contributed by atoms with Gasteiger partial charge in [0.25, 0.3) is 0 Å². The smallest absolute Gasteiger partial charge is 0.223 e. The fourth-order valence-electron chi connectivity index (χ4n) is 1.30. The fourth-order valence-corrected chi connectivity index (χ4v) is 1.30. The van der Waals surface area contributed by atoms with Gasteiger partial charge in [-0.05, 0) is 40.2 Å². The van der Waals surface area contributed by atoms with E-state index < -0.39 is 0 Å². The van der Waals surface area contributed by atoms with Crippen molar-refractivity contribution in [3.8, 4) is 0 Å². The van der Waals surface area contributed by atoms with Crippen LogP contribution in [-0.2, 0) is 0 Å². The molecule has 0 aliphatic rings. The van der Waals surface area contributed by atoms with Crippen molar-refractivity contribution in [2.24, 2.45) is 5.73 Å². The molecule has 15 heavy (non-hydrogen) atoms. The third-order valence-electron chi connectivity index (χ3n) is 2.03. The summed E-state index contributed by atoms with van der Waals surface area (Å²) in [5, 5.41) is 3.18. The zero-order chi connectivity index (χ0) is 11.5. The van der Waals surface area contributed by atoms with Crippen LogP contribution < -0.4 is 11.1 Å². The second kappa shape index (κ2) is 4.57. The Labute approximate surface area is 91.3 Å². The van der Waals surface area contributed by atoms with Crippen molar-refractivity contribution in [1.82, 2.24) is 9.97 Å². The van der Waals surface area contributed by atoms with Gasteiger partial charge in [-0.1, -0.05) is 0 Å². The van der Waals surface area contributed by atoms with Crippen molar-refractivity contribution in [3.05, 3.63) is 17.5 Å². The molecule has 0 amide bonds.